The molecule has 2 N–H and O–H groups in total. The maximum absolute atomic E-state index is 12.5. The van der Waals surface area contributed by atoms with Gasteiger partial charge in [0.1, 0.15) is 0 Å². The summed E-state index contributed by atoms with van der Waals surface area (Å²) in [6.07, 6.45) is 11.8. The van der Waals surface area contributed by atoms with Gasteiger partial charge >= 0.3 is 0 Å². The summed E-state index contributed by atoms with van der Waals surface area (Å²) in [5.41, 5.74) is 2.04. The van der Waals surface area contributed by atoms with Gasteiger partial charge in [-0.05, 0) is 101 Å². The molecule has 4 bridgehead atoms. The van der Waals surface area contributed by atoms with Gasteiger partial charge in [-0.25, -0.2) is 0 Å². The van der Waals surface area contributed by atoms with Gasteiger partial charge in [0.25, 0.3) is 0 Å². The van der Waals surface area contributed by atoms with Crippen LogP contribution in [0.15, 0.2) is 23.3 Å². The summed E-state index contributed by atoms with van der Waals surface area (Å²) in [6, 6.07) is 0.492. The van der Waals surface area contributed by atoms with Crippen molar-refractivity contribution < 1.29 is 14.9 Å². The second-order valence-corrected chi connectivity index (χ2v) is 13.2. The number of piperidine rings is 1. The Morgan fingerprint density at radius 1 is 1.12 bits per heavy atom. The molecule has 4 nitrogen and oxygen atoms in total. The molecule has 7 rings (SSSR count). The van der Waals surface area contributed by atoms with Crippen LogP contribution in [0.4, 0.5) is 0 Å². The lowest BCUT2D eigenvalue weighted by Crippen LogP contribution is -2.79. The van der Waals surface area contributed by atoms with Crippen molar-refractivity contribution >= 4 is 0 Å². The third-order valence-electron chi connectivity index (χ3n) is 11.9. The van der Waals surface area contributed by atoms with E-state index in [0.29, 0.717) is 12.0 Å². The largest absolute Gasteiger partial charge is 0.392 e. The minimum atomic E-state index is -0.452. The van der Waals surface area contributed by atoms with Crippen molar-refractivity contribution in [3.05, 3.63) is 23.3 Å². The zero-order valence-corrected chi connectivity index (χ0v) is 20.8. The lowest BCUT2D eigenvalue weighted by atomic mass is 9.33. The van der Waals surface area contributed by atoms with Gasteiger partial charge in [-0.2, -0.15) is 0 Å². The van der Waals surface area contributed by atoms with Crippen molar-refractivity contribution in [2.75, 3.05) is 19.7 Å². The van der Waals surface area contributed by atoms with E-state index in [9.17, 15) is 10.2 Å². The fourth-order valence-electron chi connectivity index (χ4n) is 9.51. The molecule has 2 aliphatic heterocycles. The SMILES string of the molecule is CC1=C(/C=C\CO)C[C@H]2N(CC3CC3)CC[C@@]13[C@@H](O)C14CC[C@@]23C[C@@H]1C(C)(C)C(C)(C)O4. The van der Waals surface area contributed by atoms with E-state index in [4.69, 9.17) is 4.74 Å². The molecule has 4 saturated carbocycles. The predicted molar refractivity (Wildman–Crippen MR) is 126 cm³/mol. The molecule has 178 valence electrons. The Labute approximate surface area is 194 Å². The molecular formula is C28H43NO3. The Morgan fingerprint density at radius 2 is 1.88 bits per heavy atom. The normalized spacial score (nSPS) is 48.9. The van der Waals surface area contributed by atoms with E-state index >= 15 is 0 Å². The molecular weight excluding hydrogens is 398 g/mol. The molecule has 1 unspecified atom stereocenters. The average Bonchev–Trinajstić information content (AvgIpc) is 3.53. The zero-order valence-electron chi connectivity index (χ0n) is 20.8. The Kier molecular flexibility index (Phi) is 4.43. The molecule has 2 spiro atoms. The topological polar surface area (TPSA) is 52.9 Å². The van der Waals surface area contributed by atoms with E-state index < -0.39 is 11.7 Å². The summed E-state index contributed by atoms with van der Waals surface area (Å²) in [5, 5.41) is 22.0. The molecule has 0 aromatic carbocycles. The number of hydrogen-bond donors (Lipinski definition) is 2. The molecule has 2 heterocycles. The number of fused-ring (bicyclic) bond motifs is 1. The lowest BCUT2D eigenvalue weighted by molar-refractivity contribution is -0.305. The number of aliphatic hydroxyl groups excluding tert-OH is 2. The second-order valence-electron chi connectivity index (χ2n) is 13.2. The monoisotopic (exact) mass is 441 g/mol. The third kappa shape index (κ3) is 2.34. The highest BCUT2D eigenvalue weighted by molar-refractivity contribution is 5.45. The first kappa shape index (κ1) is 21.8. The molecule has 0 aromatic rings. The number of ether oxygens (including phenoxy) is 1. The van der Waals surface area contributed by atoms with E-state index in [-0.39, 0.29) is 28.5 Å². The van der Waals surface area contributed by atoms with Crippen molar-refractivity contribution in [2.45, 2.75) is 103 Å². The highest BCUT2D eigenvalue weighted by Crippen LogP contribution is 2.79. The first-order chi connectivity index (χ1) is 15.1. The number of nitrogens with zero attached hydrogens (tertiary/aromatic N) is 1. The van der Waals surface area contributed by atoms with Crippen LogP contribution in [0.2, 0.25) is 0 Å². The van der Waals surface area contributed by atoms with Gasteiger partial charge < -0.3 is 14.9 Å². The van der Waals surface area contributed by atoms with E-state index in [2.05, 4.69) is 45.6 Å². The lowest BCUT2D eigenvalue weighted by Gasteiger charge is -2.75. The Morgan fingerprint density at radius 3 is 2.56 bits per heavy atom. The van der Waals surface area contributed by atoms with Crippen LogP contribution in [0, 0.1) is 28.1 Å². The van der Waals surface area contributed by atoms with Crippen molar-refractivity contribution in [1.29, 1.82) is 0 Å². The van der Waals surface area contributed by atoms with Crippen LogP contribution in [-0.2, 0) is 4.74 Å². The zero-order chi connectivity index (χ0) is 22.7. The summed E-state index contributed by atoms with van der Waals surface area (Å²) >= 11 is 0. The van der Waals surface area contributed by atoms with Crippen LogP contribution in [0.5, 0.6) is 0 Å². The summed E-state index contributed by atoms with van der Waals surface area (Å²) in [5.74, 6) is 1.27. The summed E-state index contributed by atoms with van der Waals surface area (Å²) in [4.78, 5) is 2.83. The van der Waals surface area contributed by atoms with Crippen LogP contribution in [0.1, 0.15) is 79.6 Å². The molecule has 5 aliphatic carbocycles. The predicted octanol–water partition coefficient (Wildman–Crippen LogP) is 4.46. The van der Waals surface area contributed by atoms with Crippen LogP contribution in [-0.4, -0.2) is 58.2 Å². The summed E-state index contributed by atoms with van der Waals surface area (Å²) in [6.45, 7) is 14.0. The molecule has 0 amide bonds. The van der Waals surface area contributed by atoms with E-state index in [1.54, 1.807) is 0 Å². The average molecular weight is 442 g/mol. The molecule has 4 heteroatoms. The molecule has 0 radical (unpaired) electrons. The first-order valence-electron chi connectivity index (χ1n) is 13.2. The maximum atomic E-state index is 12.5. The Bertz CT molecular complexity index is 885. The van der Waals surface area contributed by atoms with Gasteiger partial charge in [-0.3, -0.25) is 4.90 Å². The molecule has 32 heavy (non-hydrogen) atoms. The number of likely N-dealkylation sites (tertiary alicyclic amines) is 1. The van der Waals surface area contributed by atoms with Gasteiger partial charge in [0, 0.05) is 18.0 Å². The van der Waals surface area contributed by atoms with E-state index in [0.717, 1.165) is 31.7 Å². The molecule has 2 saturated heterocycles. The molecule has 7 aliphatic rings. The maximum Gasteiger partial charge on any atom is 0.0991 e. The fraction of sp³-hybridized carbons (Fsp3) is 0.857. The van der Waals surface area contributed by atoms with Crippen LogP contribution in [0.3, 0.4) is 0 Å². The van der Waals surface area contributed by atoms with Crippen molar-refractivity contribution in [3.8, 4) is 0 Å². The standard InChI is InChI=1S/C28H43NO3/c1-18-20(7-6-14-30)15-22-26-10-11-28(21(16-26)24(2,3)25(4,5)32-28)23(31)27(18,26)12-13-29(22)17-19-8-9-19/h6-7,19,21-23,30-31H,8-17H2,1-5H3/b7-6-/t21-,22-,23-,26-,27+,28?/m1/s1. The second kappa shape index (κ2) is 6.50. The summed E-state index contributed by atoms with van der Waals surface area (Å²) in [7, 11) is 0. The highest BCUT2D eigenvalue weighted by atomic mass is 16.5. The van der Waals surface area contributed by atoms with Gasteiger partial charge in [0.15, 0.2) is 0 Å². The molecule has 6 atom stereocenters. The van der Waals surface area contributed by atoms with Gasteiger partial charge in [-0.15, -0.1) is 0 Å². The molecule has 6 fully saturated rings. The fourth-order valence-corrected chi connectivity index (χ4v) is 9.51. The van der Waals surface area contributed by atoms with E-state index in [1.807, 2.05) is 6.08 Å². The number of allylic oxidation sites excluding steroid dienone is 1. The van der Waals surface area contributed by atoms with Crippen molar-refractivity contribution in [2.24, 2.45) is 28.1 Å². The highest BCUT2D eigenvalue weighted by Gasteiger charge is 2.81. The van der Waals surface area contributed by atoms with Gasteiger partial charge in [0.2, 0.25) is 0 Å². The molecule has 0 aromatic heterocycles. The Balaban J connectivity index is 1.54. The smallest absolute Gasteiger partial charge is 0.0991 e. The number of aliphatic hydroxyl groups is 2. The van der Waals surface area contributed by atoms with Crippen molar-refractivity contribution in [3.63, 3.8) is 0 Å². The van der Waals surface area contributed by atoms with E-state index in [1.165, 1.54) is 43.4 Å². The van der Waals surface area contributed by atoms with Gasteiger partial charge in [0.05, 0.1) is 23.9 Å². The quantitative estimate of drug-likeness (QED) is 0.676. The van der Waals surface area contributed by atoms with Crippen LogP contribution >= 0.6 is 0 Å². The third-order valence-corrected chi connectivity index (χ3v) is 11.9. The minimum Gasteiger partial charge on any atom is -0.392 e. The first-order valence-corrected chi connectivity index (χ1v) is 13.2. The minimum absolute atomic E-state index is 0.0350. The number of hydrogen-bond acceptors (Lipinski definition) is 4. The number of rotatable bonds is 4. The van der Waals surface area contributed by atoms with Crippen LogP contribution < -0.4 is 0 Å². The van der Waals surface area contributed by atoms with Gasteiger partial charge in [-0.1, -0.05) is 31.6 Å². The summed E-state index contributed by atoms with van der Waals surface area (Å²) < 4.78 is 7.01. The van der Waals surface area contributed by atoms with Crippen molar-refractivity contribution in [1.82, 2.24) is 4.90 Å². The van der Waals surface area contributed by atoms with Crippen LogP contribution in [0.25, 0.3) is 0 Å². The Hall–Kier alpha value is -0.680.